The van der Waals surface area contributed by atoms with Crippen LogP contribution in [0.5, 0.6) is 0 Å². The molecule has 0 radical (unpaired) electrons. The van der Waals surface area contributed by atoms with Gasteiger partial charge >= 0.3 is 0 Å². The van der Waals surface area contributed by atoms with Crippen molar-refractivity contribution in [2.45, 2.75) is 12.8 Å². The number of rotatable bonds is 9. The highest BCUT2D eigenvalue weighted by Crippen LogP contribution is 2.10. The number of carbonyl (C=O) groups excluding carboxylic acids is 1. The lowest BCUT2D eigenvalue weighted by atomic mass is 10.1. The Kier molecular flexibility index (Phi) is 8.21. The van der Waals surface area contributed by atoms with E-state index in [-0.39, 0.29) is 5.91 Å². The van der Waals surface area contributed by atoms with Crippen LogP contribution < -0.4 is 10.6 Å². The molecule has 0 aliphatic heterocycles. The van der Waals surface area contributed by atoms with Gasteiger partial charge in [0.25, 0.3) is 0 Å². The van der Waals surface area contributed by atoms with Gasteiger partial charge in [-0.3, -0.25) is 4.79 Å². The molecule has 106 valence electrons. The molecule has 19 heavy (non-hydrogen) atoms. The van der Waals surface area contributed by atoms with Gasteiger partial charge in [0.1, 0.15) is 0 Å². The molecule has 0 saturated heterocycles. The summed E-state index contributed by atoms with van der Waals surface area (Å²) in [7, 11) is 1.64. The molecule has 0 aliphatic carbocycles. The van der Waals surface area contributed by atoms with Crippen molar-refractivity contribution < 1.29 is 9.53 Å². The first kappa shape index (κ1) is 16.0. The summed E-state index contributed by atoms with van der Waals surface area (Å²) < 4.78 is 4.88. The fourth-order valence-corrected chi connectivity index (χ4v) is 1.74. The molecule has 0 aliphatic rings. The minimum Gasteiger partial charge on any atom is -0.383 e. The van der Waals surface area contributed by atoms with Gasteiger partial charge in [0.2, 0.25) is 5.91 Å². The molecule has 1 aromatic rings. The van der Waals surface area contributed by atoms with Crippen LogP contribution in [0.2, 0.25) is 5.02 Å². The maximum atomic E-state index is 11.4. The molecule has 4 nitrogen and oxygen atoms in total. The van der Waals surface area contributed by atoms with E-state index in [9.17, 15) is 4.79 Å². The van der Waals surface area contributed by atoms with E-state index < -0.39 is 0 Å². The molecule has 5 heteroatoms. The number of carbonyl (C=O) groups is 1. The predicted molar refractivity (Wildman–Crippen MR) is 77.5 cm³/mol. The first-order valence-corrected chi connectivity index (χ1v) is 6.81. The number of ether oxygens (including phenoxy) is 1. The van der Waals surface area contributed by atoms with Gasteiger partial charge in [0.15, 0.2) is 0 Å². The Morgan fingerprint density at radius 3 is 2.68 bits per heavy atom. The Morgan fingerprint density at radius 1 is 1.26 bits per heavy atom. The summed E-state index contributed by atoms with van der Waals surface area (Å²) in [5.41, 5.74) is 1.23. The first-order chi connectivity index (χ1) is 9.22. The van der Waals surface area contributed by atoms with Crippen molar-refractivity contribution in [1.82, 2.24) is 10.6 Å². The molecule has 1 amide bonds. The maximum absolute atomic E-state index is 11.4. The van der Waals surface area contributed by atoms with Crippen LogP contribution in [0.4, 0.5) is 0 Å². The highest BCUT2D eigenvalue weighted by molar-refractivity contribution is 6.30. The summed E-state index contributed by atoms with van der Waals surface area (Å²) in [6, 6.07) is 7.79. The molecule has 0 heterocycles. The van der Waals surface area contributed by atoms with Crippen molar-refractivity contribution in [3.05, 3.63) is 34.9 Å². The second-order valence-corrected chi connectivity index (χ2v) is 4.69. The van der Waals surface area contributed by atoms with Crippen molar-refractivity contribution in [2.75, 3.05) is 33.4 Å². The van der Waals surface area contributed by atoms with Gasteiger partial charge in [-0.2, -0.15) is 0 Å². The molecule has 0 fully saturated rings. The summed E-state index contributed by atoms with van der Waals surface area (Å²) in [6.45, 7) is 2.33. The summed E-state index contributed by atoms with van der Waals surface area (Å²) >= 11 is 5.81. The van der Waals surface area contributed by atoms with Crippen LogP contribution >= 0.6 is 11.6 Å². The van der Waals surface area contributed by atoms with Crippen molar-refractivity contribution in [2.24, 2.45) is 0 Å². The van der Waals surface area contributed by atoms with E-state index in [2.05, 4.69) is 10.6 Å². The van der Waals surface area contributed by atoms with Gasteiger partial charge < -0.3 is 15.4 Å². The quantitative estimate of drug-likeness (QED) is 0.678. The molecule has 2 N–H and O–H groups in total. The average Bonchev–Trinajstić information content (AvgIpc) is 2.42. The number of hydrogen-bond acceptors (Lipinski definition) is 3. The largest absolute Gasteiger partial charge is 0.383 e. The maximum Gasteiger partial charge on any atom is 0.233 e. The number of nitrogens with one attached hydrogen (secondary N) is 2. The van der Waals surface area contributed by atoms with E-state index in [1.807, 2.05) is 24.3 Å². The van der Waals surface area contributed by atoms with Gasteiger partial charge in [-0.15, -0.1) is 0 Å². The second kappa shape index (κ2) is 9.78. The third-order valence-electron chi connectivity index (χ3n) is 2.65. The van der Waals surface area contributed by atoms with Crippen molar-refractivity contribution in [3.8, 4) is 0 Å². The Morgan fingerprint density at radius 2 is 2.00 bits per heavy atom. The van der Waals surface area contributed by atoms with Gasteiger partial charge in [0, 0.05) is 25.2 Å². The van der Waals surface area contributed by atoms with Gasteiger partial charge in [0.05, 0.1) is 13.2 Å². The second-order valence-electron chi connectivity index (χ2n) is 4.25. The molecule has 1 aromatic carbocycles. The number of methoxy groups -OCH3 is 1. The van der Waals surface area contributed by atoms with Crippen LogP contribution in [0.1, 0.15) is 12.0 Å². The lowest BCUT2D eigenvalue weighted by Gasteiger charge is -2.06. The fraction of sp³-hybridized carbons (Fsp3) is 0.500. The Balaban J connectivity index is 2.03. The Labute approximate surface area is 119 Å². The average molecular weight is 285 g/mol. The van der Waals surface area contributed by atoms with Crippen molar-refractivity contribution in [1.29, 1.82) is 0 Å². The van der Waals surface area contributed by atoms with Crippen LogP contribution in [-0.4, -0.2) is 39.3 Å². The van der Waals surface area contributed by atoms with Gasteiger partial charge in [-0.25, -0.2) is 0 Å². The zero-order chi connectivity index (χ0) is 13.9. The van der Waals surface area contributed by atoms with E-state index in [1.165, 1.54) is 5.56 Å². The minimum absolute atomic E-state index is 0.0206. The molecular formula is C14H21ClN2O2. The zero-order valence-electron chi connectivity index (χ0n) is 11.2. The SMILES string of the molecule is COCCNCC(=O)NCCCc1ccc(Cl)cc1. The first-order valence-electron chi connectivity index (χ1n) is 6.43. The van der Waals surface area contributed by atoms with E-state index in [0.29, 0.717) is 26.2 Å². The number of amides is 1. The molecule has 0 bridgehead atoms. The lowest BCUT2D eigenvalue weighted by Crippen LogP contribution is -2.35. The number of hydrogen-bond donors (Lipinski definition) is 2. The molecule has 1 rings (SSSR count). The predicted octanol–water partition coefficient (Wildman–Crippen LogP) is 1.62. The number of aryl methyl sites for hydroxylation is 1. The van der Waals surface area contributed by atoms with E-state index in [4.69, 9.17) is 16.3 Å². The summed E-state index contributed by atoms with van der Waals surface area (Å²) in [6.07, 6.45) is 1.86. The third kappa shape index (κ3) is 7.82. The summed E-state index contributed by atoms with van der Waals surface area (Å²) in [5, 5.41) is 6.62. The molecule has 0 unspecified atom stereocenters. The van der Waals surface area contributed by atoms with Crippen LogP contribution in [0, 0.1) is 0 Å². The monoisotopic (exact) mass is 284 g/mol. The van der Waals surface area contributed by atoms with E-state index in [1.54, 1.807) is 7.11 Å². The molecule has 0 aromatic heterocycles. The Bertz CT molecular complexity index is 368. The van der Waals surface area contributed by atoms with Gasteiger partial charge in [-0.1, -0.05) is 23.7 Å². The highest BCUT2D eigenvalue weighted by atomic mass is 35.5. The van der Waals surface area contributed by atoms with E-state index in [0.717, 1.165) is 17.9 Å². The van der Waals surface area contributed by atoms with Crippen LogP contribution in [-0.2, 0) is 16.0 Å². The summed E-state index contributed by atoms with van der Waals surface area (Å²) in [5.74, 6) is 0.0206. The highest BCUT2D eigenvalue weighted by Gasteiger charge is 1.99. The third-order valence-corrected chi connectivity index (χ3v) is 2.90. The molecule has 0 atom stereocenters. The van der Waals surface area contributed by atoms with E-state index >= 15 is 0 Å². The van der Waals surface area contributed by atoms with Crippen molar-refractivity contribution in [3.63, 3.8) is 0 Å². The number of benzene rings is 1. The Hall–Kier alpha value is -1.10. The standard InChI is InChI=1S/C14H21ClN2O2/c1-19-10-9-16-11-14(18)17-8-2-3-12-4-6-13(15)7-5-12/h4-7,16H,2-3,8-11H2,1H3,(H,17,18). The van der Waals surface area contributed by atoms with Crippen LogP contribution in [0.15, 0.2) is 24.3 Å². The van der Waals surface area contributed by atoms with Crippen molar-refractivity contribution >= 4 is 17.5 Å². The molecule has 0 spiro atoms. The zero-order valence-corrected chi connectivity index (χ0v) is 12.0. The normalized spacial score (nSPS) is 10.4. The molecule has 0 saturated carbocycles. The fourth-order valence-electron chi connectivity index (χ4n) is 1.61. The number of halogens is 1. The lowest BCUT2D eigenvalue weighted by molar-refractivity contribution is -0.120. The smallest absolute Gasteiger partial charge is 0.233 e. The minimum atomic E-state index is 0.0206. The van der Waals surface area contributed by atoms with Crippen LogP contribution in [0.3, 0.4) is 0 Å². The summed E-state index contributed by atoms with van der Waals surface area (Å²) in [4.78, 5) is 11.4. The van der Waals surface area contributed by atoms with Gasteiger partial charge in [-0.05, 0) is 30.5 Å². The topological polar surface area (TPSA) is 50.4 Å². The van der Waals surface area contributed by atoms with Crippen LogP contribution in [0.25, 0.3) is 0 Å². The molecular weight excluding hydrogens is 264 g/mol.